The number of amides is 1. The lowest BCUT2D eigenvalue weighted by Crippen LogP contribution is -2.69. The van der Waals surface area contributed by atoms with Crippen LogP contribution in [0.3, 0.4) is 0 Å². The number of carboxylic acids is 1. The lowest BCUT2D eigenvalue weighted by molar-refractivity contribution is -0.347. The summed E-state index contributed by atoms with van der Waals surface area (Å²) in [6.07, 6.45) is -13.2. The average Bonchev–Trinajstić information content (AvgIpc) is 2.92. The molecule has 2 aliphatic rings. The maximum Gasteiger partial charge on any atom is 0.335 e. The average molecular weight is 583 g/mol. The van der Waals surface area contributed by atoms with Crippen molar-refractivity contribution in [2.75, 3.05) is 59.8 Å². The topological polar surface area (TPSA) is 261 Å². The van der Waals surface area contributed by atoms with Crippen molar-refractivity contribution in [1.82, 2.24) is 5.32 Å². The van der Waals surface area contributed by atoms with Crippen LogP contribution in [-0.4, -0.2) is 152 Å². The Kier molecular flexibility index (Phi) is 14.4. The minimum Gasteiger partial charge on any atom is -0.479 e. The summed E-state index contributed by atoms with van der Waals surface area (Å²) < 4.78 is 37.0. The molecule has 0 aliphatic carbocycles. The van der Waals surface area contributed by atoms with Crippen molar-refractivity contribution in [3.63, 3.8) is 0 Å². The highest BCUT2D eigenvalue weighted by Gasteiger charge is 2.56. The predicted molar refractivity (Wildman–Crippen MR) is 130 cm³/mol. The van der Waals surface area contributed by atoms with E-state index in [-0.39, 0.29) is 39.3 Å². The zero-order valence-electron chi connectivity index (χ0n) is 22.2. The highest BCUT2D eigenvalue weighted by atomic mass is 16.7. The highest BCUT2D eigenvalue weighted by Crippen LogP contribution is 2.33. The molecule has 0 aromatic carbocycles. The molecular weight excluding hydrogens is 544 g/mol. The Balaban J connectivity index is 1.81. The highest BCUT2D eigenvalue weighted by molar-refractivity contribution is 5.82. The number of methoxy groups -OCH3 is 1. The Labute approximate surface area is 229 Å². The van der Waals surface area contributed by atoms with Crippen molar-refractivity contribution >= 4 is 11.9 Å². The van der Waals surface area contributed by atoms with Crippen LogP contribution in [0.1, 0.15) is 13.3 Å². The molecule has 18 nitrogen and oxygen atoms in total. The van der Waals surface area contributed by atoms with Gasteiger partial charge in [0.2, 0.25) is 0 Å². The molecule has 230 valence electrons. The smallest absolute Gasteiger partial charge is 0.335 e. The molecule has 9 unspecified atom stereocenters. The normalized spacial score (nSPS) is 34.1. The molecule has 40 heavy (non-hydrogen) atoms. The summed E-state index contributed by atoms with van der Waals surface area (Å²) in [5, 5.41) is 57.4. The lowest BCUT2D eigenvalue weighted by atomic mass is 9.85. The Bertz CT molecular complexity index is 844. The molecule has 1 amide bonds. The van der Waals surface area contributed by atoms with Gasteiger partial charge in [0.25, 0.3) is 5.91 Å². The second kappa shape index (κ2) is 16.9. The summed E-state index contributed by atoms with van der Waals surface area (Å²) in [7, 11) is 1.27. The van der Waals surface area contributed by atoms with Gasteiger partial charge in [-0.2, -0.15) is 0 Å². The van der Waals surface area contributed by atoms with E-state index in [2.05, 4.69) is 15.3 Å². The number of carbonyl (C=O) groups excluding carboxylic acids is 1. The van der Waals surface area contributed by atoms with Crippen molar-refractivity contribution in [2.24, 2.45) is 5.11 Å². The first-order valence-electron chi connectivity index (χ1n) is 12.5. The summed E-state index contributed by atoms with van der Waals surface area (Å²) >= 11 is 0. The number of hydrogen-bond acceptors (Lipinski definition) is 14. The maximum absolute atomic E-state index is 12.8. The van der Waals surface area contributed by atoms with Crippen molar-refractivity contribution in [3.05, 3.63) is 10.4 Å². The Morgan fingerprint density at radius 3 is 2.30 bits per heavy atom. The number of aliphatic carboxylic acids is 1. The molecule has 0 radical (unpaired) electrons. The summed E-state index contributed by atoms with van der Waals surface area (Å²) in [4.78, 5) is 27.0. The minimum absolute atomic E-state index is 0.00383. The standard InChI is InChI=1S/C22H38N4O14/c1-22(33)17(29)14(28)21(39-15-12(27)11-13(34-2)38-16(15)20(31)32)40-18(22)19(30)24-3-5-35-7-9-37-10-8-36-6-4-25-26-23/h12-18,21,27-29,33H,3-11H2,1-2H3,(H,24,30)(H,31,32). The molecule has 0 aromatic rings. The number of rotatable bonds is 17. The van der Waals surface area contributed by atoms with Crippen LogP contribution in [0.5, 0.6) is 0 Å². The number of ether oxygens (including phenoxy) is 7. The number of nitrogens with one attached hydrogen (secondary N) is 1. The SMILES string of the molecule is COC1CC(O)C(OC2OC(C(=O)NCCOCCOCCOCCN=[N+]=[N-])C(C)(O)C(O)C2O)C(C(=O)O)O1. The Morgan fingerprint density at radius 2 is 1.70 bits per heavy atom. The van der Waals surface area contributed by atoms with E-state index in [1.54, 1.807) is 0 Å². The molecule has 0 saturated carbocycles. The fraction of sp³-hybridized carbons (Fsp3) is 0.909. The molecule has 9 atom stereocenters. The van der Waals surface area contributed by atoms with Gasteiger partial charge in [-0.3, -0.25) is 4.79 Å². The molecule has 0 aromatic heterocycles. The molecule has 2 saturated heterocycles. The third-order valence-corrected chi connectivity index (χ3v) is 6.14. The van der Waals surface area contributed by atoms with Crippen LogP contribution in [0.25, 0.3) is 10.4 Å². The summed E-state index contributed by atoms with van der Waals surface area (Å²) in [5.41, 5.74) is 5.89. The Morgan fingerprint density at radius 1 is 1.07 bits per heavy atom. The zero-order valence-corrected chi connectivity index (χ0v) is 22.2. The van der Waals surface area contributed by atoms with Crippen molar-refractivity contribution in [2.45, 2.75) is 68.1 Å². The molecular formula is C22H38N4O14. The van der Waals surface area contributed by atoms with Gasteiger partial charge < -0.3 is 64.0 Å². The third kappa shape index (κ3) is 9.72. The van der Waals surface area contributed by atoms with Gasteiger partial charge in [0, 0.05) is 31.5 Å². The molecule has 18 heteroatoms. The number of aliphatic hydroxyl groups excluding tert-OH is 3. The third-order valence-electron chi connectivity index (χ3n) is 6.14. The van der Waals surface area contributed by atoms with Crippen LogP contribution >= 0.6 is 0 Å². The number of azide groups is 1. The first-order chi connectivity index (χ1) is 19.0. The van der Waals surface area contributed by atoms with Crippen LogP contribution in [0.4, 0.5) is 0 Å². The Hall–Kier alpha value is -2.19. The maximum atomic E-state index is 12.8. The number of carbonyl (C=O) groups is 2. The van der Waals surface area contributed by atoms with E-state index >= 15 is 0 Å². The number of aliphatic hydroxyl groups is 4. The first-order valence-corrected chi connectivity index (χ1v) is 12.5. The van der Waals surface area contributed by atoms with Crippen LogP contribution in [0.2, 0.25) is 0 Å². The van der Waals surface area contributed by atoms with E-state index < -0.39 is 66.7 Å². The van der Waals surface area contributed by atoms with Gasteiger partial charge in [-0.05, 0) is 12.5 Å². The van der Waals surface area contributed by atoms with Crippen LogP contribution < -0.4 is 5.32 Å². The first kappa shape index (κ1) is 34.0. The minimum atomic E-state index is -2.25. The zero-order chi connectivity index (χ0) is 29.7. The molecule has 6 N–H and O–H groups in total. The van der Waals surface area contributed by atoms with Gasteiger partial charge >= 0.3 is 5.97 Å². The van der Waals surface area contributed by atoms with Gasteiger partial charge in [0.05, 0.1) is 45.7 Å². The van der Waals surface area contributed by atoms with E-state index in [0.29, 0.717) is 19.8 Å². The van der Waals surface area contributed by atoms with E-state index in [1.165, 1.54) is 7.11 Å². The molecule has 2 aliphatic heterocycles. The van der Waals surface area contributed by atoms with E-state index in [4.69, 9.17) is 38.7 Å². The molecule has 0 bridgehead atoms. The van der Waals surface area contributed by atoms with Gasteiger partial charge in [0.15, 0.2) is 24.8 Å². The fourth-order valence-corrected chi connectivity index (χ4v) is 3.97. The van der Waals surface area contributed by atoms with Crippen LogP contribution in [0, 0.1) is 0 Å². The predicted octanol–water partition coefficient (Wildman–Crippen LogP) is -2.75. The van der Waals surface area contributed by atoms with E-state index in [9.17, 15) is 35.1 Å². The van der Waals surface area contributed by atoms with Crippen molar-refractivity contribution in [3.8, 4) is 0 Å². The van der Waals surface area contributed by atoms with E-state index in [0.717, 1.165) is 6.92 Å². The summed E-state index contributed by atoms with van der Waals surface area (Å²) in [6.45, 7) is 2.78. The van der Waals surface area contributed by atoms with Gasteiger partial charge in [-0.15, -0.1) is 0 Å². The monoisotopic (exact) mass is 582 g/mol. The summed E-state index contributed by atoms with van der Waals surface area (Å²) in [5.74, 6) is -2.35. The lowest BCUT2D eigenvalue weighted by Gasteiger charge is -2.47. The fourth-order valence-electron chi connectivity index (χ4n) is 3.97. The van der Waals surface area contributed by atoms with Gasteiger partial charge in [-0.1, -0.05) is 5.11 Å². The second-order valence-corrected chi connectivity index (χ2v) is 9.09. The number of carboxylic acid groups (broad SMARTS) is 1. The molecule has 0 spiro atoms. The quantitative estimate of drug-likeness (QED) is 0.0440. The van der Waals surface area contributed by atoms with Gasteiger partial charge in [0.1, 0.15) is 23.9 Å². The van der Waals surface area contributed by atoms with E-state index in [1.807, 2.05) is 0 Å². The molecule has 2 heterocycles. The van der Waals surface area contributed by atoms with Crippen LogP contribution in [0.15, 0.2) is 5.11 Å². The van der Waals surface area contributed by atoms with Crippen molar-refractivity contribution < 1.29 is 68.3 Å². The largest absolute Gasteiger partial charge is 0.479 e. The van der Waals surface area contributed by atoms with Crippen molar-refractivity contribution in [1.29, 1.82) is 0 Å². The van der Waals surface area contributed by atoms with Gasteiger partial charge in [-0.25, -0.2) is 4.79 Å². The van der Waals surface area contributed by atoms with Crippen LogP contribution in [-0.2, 0) is 42.7 Å². The molecule has 2 rings (SSSR count). The second-order valence-electron chi connectivity index (χ2n) is 9.09. The number of hydrogen-bond donors (Lipinski definition) is 6. The molecule has 2 fully saturated rings. The number of nitrogens with zero attached hydrogens (tertiary/aromatic N) is 3. The summed E-state index contributed by atoms with van der Waals surface area (Å²) in [6, 6.07) is 0.